The molecule has 1 aromatic heterocycles. The van der Waals surface area contributed by atoms with Crippen molar-refractivity contribution in [1.29, 1.82) is 0 Å². The maximum absolute atomic E-state index is 12.2. The van der Waals surface area contributed by atoms with Gasteiger partial charge in [0.2, 0.25) is 0 Å². The maximum Gasteiger partial charge on any atom is 0.342 e. The van der Waals surface area contributed by atoms with E-state index in [-0.39, 0.29) is 12.1 Å². The highest BCUT2D eigenvalue weighted by Gasteiger charge is 2.26. The third-order valence-electron chi connectivity index (χ3n) is 3.78. The minimum Gasteiger partial charge on any atom is -0.459 e. The summed E-state index contributed by atoms with van der Waals surface area (Å²) in [7, 11) is 4.20. The van der Waals surface area contributed by atoms with E-state index < -0.39 is 0 Å². The molecular weight excluding hydrogens is 266 g/mol. The van der Waals surface area contributed by atoms with Gasteiger partial charge in [0.25, 0.3) is 0 Å². The first kappa shape index (κ1) is 15.8. The first-order valence-electron chi connectivity index (χ1n) is 7.56. The number of esters is 1. The third kappa shape index (κ3) is 3.94. The molecule has 1 aliphatic heterocycles. The van der Waals surface area contributed by atoms with Crippen LogP contribution in [0.3, 0.4) is 0 Å². The Morgan fingerprint density at radius 1 is 1.48 bits per heavy atom. The lowest BCUT2D eigenvalue weighted by Crippen LogP contribution is -2.46. The molecule has 2 heterocycles. The quantitative estimate of drug-likeness (QED) is 0.796. The second-order valence-corrected chi connectivity index (χ2v) is 6.03. The number of ether oxygens (including phenoxy) is 1. The van der Waals surface area contributed by atoms with Crippen LogP contribution >= 0.6 is 0 Å². The number of piperidine rings is 1. The van der Waals surface area contributed by atoms with Crippen LogP contribution in [-0.4, -0.2) is 55.2 Å². The Hall–Kier alpha value is -1.62. The van der Waals surface area contributed by atoms with Crippen LogP contribution in [0, 0.1) is 0 Å². The summed E-state index contributed by atoms with van der Waals surface area (Å²) in [6.07, 6.45) is 3.91. The van der Waals surface area contributed by atoms with Crippen molar-refractivity contribution in [1.82, 2.24) is 9.88 Å². The van der Waals surface area contributed by atoms with Gasteiger partial charge in [-0.05, 0) is 52.9 Å². The number of pyridine rings is 1. The molecule has 5 nitrogen and oxygen atoms in total. The third-order valence-corrected chi connectivity index (χ3v) is 3.78. The molecule has 0 saturated carbocycles. The van der Waals surface area contributed by atoms with Crippen molar-refractivity contribution in [2.75, 3.05) is 32.1 Å². The molecule has 1 fully saturated rings. The molecule has 1 aliphatic rings. The molecule has 2 rings (SSSR count). The van der Waals surface area contributed by atoms with Gasteiger partial charge < -0.3 is 14.5 Å². The summed E-state index contributed by atoms with van der Waals surface area (Å²) in [5, 5.41) is 0. The molecule has 0 amide bonds. The number of rotatable bonds is 4. The van der Waals surface area contributed by atoms with Gasteiger partial charge in [-0.15, -0.1) is 0 Å². The number of carbonyl (C=O) groups is 1. The van der Waals surface area contributed by atoms with Crippen LogP contribution in [0.5, 0.6) is 0 Å². The Morgan fingerprint density at radius 3 is 2.90 bits per heavy atom. The maximum atomic E-state index is 12.2. The van der Waals surface area contributed by atoms with E-state index in [1.54, 1.807) is 18.3 Å². The Balaban J connectivity index is 2.21. The second kappa shape index (κ2) is 6.89. The van der Waals surface area contributed by atoms with Gasteiger partial charge in [0.1, 0.15) is 11.4 Å². The molecule has 1 saturated heterocycles. The molecule has 21 heavy (non-hydrogen) atoms. The van der Waals surface area contributed by atoms with Gasteiger partial charge in [-0.1, -0.05) is 0 Å². The van der Waals surface area contributed by atoms with Gasteiger partial charge in [0.15, 0.2) is 0 Å². The lowest BCUT2D eigenvalue weighted by Gasteiger charge is -2.37. The molecule has 1 aromatic rings. The molecule has 0 radical (unpaired) electrons. The summed E-state index contributed by atoms with van der Waals surface area (Å²) >= 11 is 0. The topological polar surface area (TPSA) is 45.7 Å². The molecule has 0 N–H and O–H groups in total. The van der Waals surface area contributed by atoms with Gasteiger partial charge >= 0.3 is 5.97 Å². The van der Waals surface area contributed by atoms with Crippen LogP contribution < -0.4 is 4.90 Å². The number of anilines is 1. The summed E-state index contributed by atoms with van der Waals surface area (Å²) in [6.45, 7) is 5.54. The average Bonchev–Trinajstić information content (AvgIpc) is 2.46. The van der Waals surface area contributed by atoms with Gasteiger partial charge in [-0.3, -0.25) is 0 Å². The van der Waals surface area contributed by atoms with Crippen molar-refractivity contribution in [3.63, 3.8) is 0 Å². The Kier molecular flexibility index (Phi) is 5.17. The predicted molar refractivity (Wildman–Crippen MR) is 83.7 cm³/mol. The SMILES string of the molecule is CC(C)OC(=O)c1cccnc1N1CCCC(N(C)C)C1. The minimum absolute atomic E-state index is 0.124. The van der Waals surface area contributed by atoms with Crippen molar-refractivity contribution in [2.24, 2.45) is 0 Å². The van der Waals surface area contributed by atoms with Crippen LogP contribution in [0.1, 0.15) is 37.0 Å². The number of aromatic nitrogens is 1. The van der Waals surface area contributed by atoms with E-state index in [4.69, 9.17) is 4.74 Å². The Morgan fingerprint density at radius 2 is 2.24 bits per heavy atom. The van der Waals surface area contributed by atoms with Crippen LogP contribution in [-0.2, 0) is 4.74 Å². The van der Waals surface area contributed by atoms with E-state index in [1.807, 2.05) is 13.8 Å². The van der Waals surface area contributed by atoms with Crippen LogP contribution in [0.25, 0.3) is 0 Å². The minimum atomic E-state index is -0.292. The van der Waals surface area contributed by atoms with Crippen molar-refractivity contribution < 1.29 is 9.53 Å². The largest absolute Gasteiger partial charge is 0.459 e. The summed E-state index contributed by atoms with van der Waals surface area (Å²) in [5.74, 6) is 0.453. The molecule has 0 aromatic carbocycles. The summed E-state index contributed by atoms with van der Waals surface area (Å²) in [6, 6.07) is 4.08. The smallest absolute Gasteiger partial charge is 0.342 e. The highest BCUT2D eigenvalue weighted by Crippen LogP contribution is 2.24. The first-order valence-corrected chi connectivity index (χ1v) is 7.56. The molecule has 0 aliphatic carbocycles. The van der Waals surface area contributed by atoms with Crippen LogP contribution in [0.15, 0.2) is 18.3 Å². The first-order chi connectivity index (χ1) is 9.99. The van der Waals surface area contributed by atoms with E-state index in [2.05, 4.69) is 28.9 Å². The van der Waals surface area contributed by atoms with E-state index in [1.165, 1.54) is 6.42 Å². The number of likely N-dealkylation sites (N-methyl/N-ethyl adjacent to an activating group) is 1. The number of carbonyl (C=O) groups excluding carboxylic acids is 1. The number of hydrogen-bond acceptors (Lipinski definition) is 5. The zero-order valence-electron chi connectivity index (χ0n) is 13.4. The fourth-order valence-corrected chi connectivity index (χ4v) is 2.65. The number of hydrogen-bond donors (Lipinski definition) is 0. The van der Waals surface area contributed by atoms with Gasteiger partial charge in [-0.2, -0.15) is 0 Å². The lowest BCUT2D eigenvalue weighted by molar-refractivity contribution is 0.0378. The fourth-order valence-electron chi connectivity index (χ4n) is 2.65. The molecule has 0 spiro atoms. The van der Waals surface area contributed by atoms with E-state index in [0.717, 1.165) is 25.3 Å². The van der Waals surface area contributed by atoms with Crippen LogP contribution in [0.2, 0.25) is 0 Å². The predicted octanol–water partition coefficient (Wildman–Crippen LogP) is 2.18. The van der Waals surface area contributed by atoms with Crippen molar-refractivity contribution in [3.05, 3.63) is 23.9 Å². The van der Waals surface area contributed by atoms with E-state index in [0.29, 0.717) is 11.6 Å². The summed E-state index contributed by atoms with van der Waals surface area (Å²) in [5.41, 5.74) is 0.561. The average molecular weight is 291 g/mol. The zero-order valence-corrected chi connectivity index (χ0v) is 13.4. The summed E-state index contributed by atoms with van der Waals surface area (Å²) in [4.78, 5) is 21.1. The molecule has 1 atom stereocenters. The molecule has 1 unspecified atom stereocenters. The Bertz CT molecular complexity index is 488. The fraction of sp³-hybridized carbons (Fsp3) is 0.625. The van der Waals surface area contributed by atoms with E-state index in [9.17, 15) is 4.79 Å². The monoisotopic (exact) mass is 291 g/mol. The molecular formula is C16H25N3O2. The lowest BCUT2D eigenvalue weighted by atomic mass is 10.0. The Labute approximate surface area is 126 Å². The van der Waals surface area contributed by atoms with Crippen molar-refractivity contribution in [3.8, 4) is 0 Å². The number of nitrogens with zero attached hydrogens (tertiary/aromatic N) is 3. The van der Waals surface area contributed by atoms with Gasteiger partial charge in [0.05, 0.1) is 6.10 Å². The van der Waals surface area contributed by atoms with Crippen molar-refractivity contribution in [2.45, 2.75) is 38.8 Å². The normalized spacial score (nSPS) is 19.1. The highest BCUT2D eigenvalue weighted by atomic mass is 16.5. The molecule has 5 heteroatoms. The summed E-state index contributed by atoms with van der Waals surface area (Å²) < 4.78 is 5.33. The van der Waals surface area contributed by atoms with Gasteiger partial charge in [0, 0.05) is 25.3 Å². The van der Waals surface area contributed by atoms with Crippen molar-refractivity contribution >= 4 is 11.8 Å². The zero-order chi connectivity index (χ0) is 15.4. The standard InChI is InChI=1S/C16H25N3O2/c1-12(2)21-16(20)14-8-5-9-17-15(14)19-10-6-7-13(11-19)18(3)4/h5,8-9,12-13H,6-7,10-11H2,1-4H3. The van der Waals surface area contributed by atoms with Gasteiger partial charge in [-0.25, -0.2) is 9.78 Å². The highest BCUT2D eigenvalue weighted by molar-refractivity contribution is 5.94. The van der Waals surface area contributed by atoms with Crippen LogP contribution in [0.4, 0.5) is 5.82 Å². The van der Waals surface area contributed by atoms with E-state index >= 15 is 0 Å². The molecule has 0 bridgehead atoms. The second-order valence-electron chi connectivity index (χ2n) is 6.03. The molecule has 116 valence electrons.